The number of hydrogen-bond acceptors (Lipinski definition) is 1. The maximum Gasteiger partial charge on any atom is 0.389 e. The molecule has 18 heavy (non-hydrogen) atoms. The normalized spacial score (nSPS) is 11.6. The summed E-state index contributed by atoms with van der Waals surface area (Å²) in [7, 11) is 0. The molecule has 0 fully saturated rings. The van der Waals surface area contributed by atoms with Gasteiger partial charge >= 0.3 is 6.18 Å². The molecule has 0 amide bonds. The summed E-state index contributed by atoms with van der Waals surface area (Å²) in [6, 6.07) is 7.92. The van der Waals surface area contributed by atoms with Gasteiger partial charge in [0.15, 0.2) is 0 Å². The standard InChI is InChI=1S/C14H20F3N/c1-2-3-5-12-6-8-13(9-7-12)18-11-4-10-14(15,16)17/h6-9,18H,2-5,10-11H2,1H3. The number of benzene rings is 1. The Morgan fingerprint density at radius 1 is 1.06 bits per heavy atom. The van der Waals surface area contributed by atoms with Gasteiger partial charge in [-0.1, -0.05) is 25.5 Å². The minimum absolute atomic E-state index is 0.112. The van der Waals surface area contributed by atoms with Gasteiger partial charge in [0, 0.05) is 18.7 Å². The first-order valence-corrected chi connectivity index (χ1v) is 6.41. The second-order valence-electron chi connectivity index (χ2n) is 4.45. The fourth-order valence-corrected chi connectivity index (χ4v) is 1.69. The van der Waals surface area contributed by atoms with Crippen LogP contribution in [0.2, 0.25) is 0 Å². The van der Waals surface area contributed by atoms with Gasteiger partial charge in [-0.15, -0.1) is 0 Å². The molecule has 0 aliphatic rings. The predicted octanol–water partition coefficient (Wildman–Crippen LogP) is 4.78. The van der Waals surface area contributed by atoms with Crippen LogP contribution in [-0.2, 0) is 6.42 Å². The molecule has 1 aromatic rings. The first kappa shape index (κ1) is 14.9. The van der Waals surface area contributed by atoms with Gasteiger partial charge < -0.3 is 5.32 Å². The SMILES string of the molecule is CCCCc1ccc(NCCCC(F)(F)F)cc1. The molecular formula is C14H20F3N. The van der Waals surface area contributed by atoms with Gasteiger partial charge in [0.25, 0.3) is 0 Å². The molecule has 0 heterocycles. The Balaban J connectivity index is 2.26. The van der Waals surface area contributed by atoms with E-state index in [1.807, 2.05) is 24.3 Å². The van der Waals surface area contributed by atoms with Crippen molar-refractivity contribution in [1.82, 2.24) is 0 Å². The van der Waals surface area contributed by atoms with Crippen LogP contribution in [0.3, 0.4) is 0 Å². The van der Waals surface area contributed by atoms with Gasteiger partial charge in [0.1, 0.15) is 0 Å². The van der Waals surface area contributed by atoms with Crippen molar-refractivity contribution in [3.63, 3.8) is 0 Å². The molecule has 1 rings (SSSR count). The number of unbranched alkanes of at least 4 members (excludes halogenated alkanes) is 1. The molecule has 0 spiro atoms. The average molecular weight is 259 g/mol. The molecular weight excluding hydrogens is 239 g/mol. The van der Waals surface area contributed by atoms with Gasteiger partial charge in [-0.2, -0.15) is 13.2 Å². The number of anilines is 1. The Hall–Kier alpha value is -1.19. The van der Waals surface area contributed by atoms with Crippen LogP contribution in [0.4, 0.5) is 18.9 Å². The van der Waals surface area contributed by atoms with Crippen LogP contribution in [0.25, 0.3) is 0 Å². The smallest absolute Gasteiger partial charge is 0.385 e. The molecule has 0 saturated heterocycles. The zero-order valence-corrected chi connectivity index (χ0v) is 10.7. The molecule has 0 saturated carbocycles. The number of hydrogen-bond donors (Lipinski definition) is 1. The van der Waals surface area contributed by atoms with Crippen LogP contribution < -0.4 is 5.32 Å². The highest BCUT2D eigenvalue weighted by Crippen LogP contribution is 2.21. The van der Waals surface area contributed by atoms with E-state index < -0.39 is 12.6 Å². The van der Waals surface area contributed by atoms with Crippen molar-refractivity contribution in [3.05, 3.63) is 29.8 Å². The third-order valence-corrected chi connectivity index (χ3v) is 2.74. The third-order valence-electron chi connectivity index (χ3n) is 2.74. The quantitative estimate of drug-likeness (QED) is 0.694. The maximum atomic E-state index is 11.9. The van der Waals surface area contributed by atoms with Crippen LogP contribution >= 0.6 is 0 Å². The van der Waals surface area contributed by atoms with Gasteiger partial charge in [0.2, 0.25) is 0 Å². The molecule has 0 aliphatic carbocycles. The maximum absolute atomic E-state index is 11.9. The van der Waals surface area contributed by atoms with Gasteiger partial charge in [-0.05, 0) is 37.0 Å². The highest BCUT2D eigenvalue weighted by molar-refractivity contribution is 5.44. The summed E-state index contributed by atoms with van der Waals surface area (Å²) in [6.07, 6.45) is -1.28. The Bertz CT molecular complexity index is 330. The van der Waals surface area contributed by atoms with Crippen molar-refractivity contribution < 1.29 is 13.2 Å². The molecule has 0 aliphatic heterocycles. The van der Waals surface area contributed by atoms with Crippen molar-refractivity contribution in [1.29, 1.82) is 0 Å². The molecule has 0 radical (unpaired) electrons. The summed E-state index contributed by atoms with van der Waals surface area (Å²) >= 11 is 0. The predicted molar refractivity (Wildman–Crippen MR) is 68.8 cm³/mol. The lowest BCUT2D eigenvalue weighted by molar-refractivity contribution is -0.134. The summed E-state index contributed by atoms with van der Waals surface area (Å²) in [5, 5.41) is 3.00. The van der Waals surface area contributed by atoms with Crippen LogP contribution in [0.15, 0.2) is 24.3 Å². The van der Waals surface area contributed by atoms with E-state index in [-0.39, 0.29) is 6.42 Å². The summed E-state index contributed by atoms with van der Waals surface area (Å²) in [6.45, 7) is 2.50. The number of nitrogens with one attached hydrogen (secondary N) is 1. The van der Waals surface area contributed by atoms with E-state index >= 15 is 0 Å². The van der Waals surface area contributed by atoms with Gasteiger partial charge in [0.05, 0.1) is 0 Å². The fraction of sp³-hybridized carbons (Fsp3) is 0.571. The zero-order valence-electron chi connectivity index (χ0n) is 10.7. The van der Waals surface area contributed by atoms with Crippen molar-refractivity contribution in [3.8, 4) is 0 Å². The Morgan fingerprint density at radius 3 is 2.28 bits per heavy atom. The van der Waals surface area contributed by atoms with Crippen molar-refractivity contribution in [2.45, 2.75) is 45.2 Å². The largest absolute Gasteiger partial charge is 0.389 e. The summed E-state index contributed by atoms with van der Waals surface area (Å²) < 4.78 is 35.8. The monoisotopic (exact) mass is 259 g/mol. The molecule has 102 valence electrons. The minimum Gasteiger partial charge on any atom is -0.385 e. The number of rotatable bonds is 7. The van der Waals surface area contributed by atoms with Crippen LogP contribution in [-0.4, -0.2) is 12.7 Å². The molecule has 4 heteroatoms. The second kappa shape index (κ2) is 7.29. The molecule has 1 N–H and O–H groups in total. The van der Waals surface area contributed by atoms with E-state index in [1.165, 1.54) is 12.0 Å². The lowest BCUT2D eigenvalue weighted by Gasteiger charge is -2.09. The van der Waals surface area contributed by atoms with E-state index in [0.29, 0.717) is 6.54 Å². The number of alkyl halides is 3. The first-order valence-electron chi connectivity index (χ1n) is 6.41. The van der Waals surface area contributed by atoms with E-state index in [1.54, 1.807) is 0 Å². The first-order chi connectivity index (χ1) is 8.51. The van der Waals surface area contributed by atoms with E-state index in [4.69, 9.17) is 0 Å². The summed E-state index contributed by atoms with van der Waals surface area (Å²) in [4.78, 5) is 0. The highest BCUT2D eigenvalue weighted by atomic mass is 19.4. The van der Waals surface area contributed by atoms with Gasteiger partial charge in [-0.25, -0.2) is 0 Å². The lowest BCUT2D eigenvalue weighted by atomic mass is 10.1. The van der Waals surface area contributed by atoms with E-state index in [2.05, 4.69) is 12.2 Å². The van der Waals surface area contributed by atoms with Crippen molar-refractivity contribution >= 4 is 5.69 Å². The Labute approximate surface area is 106 Å². The number of halogens is 3. The zero-order chi connectivity index (χ0) is 13.4. The summed E-state index contributed by atoms with van der Waals surface area (Å²) in [5.74, 6) is 0. The molecule has 0 unspecified atom stereocenters. The van der Waals surface area contributed by atoms with E-state index in [9.17, 15) is 13.2 Å². The van der Waals surface area contributed by atoms with Gasteiger partial charge in [-0.3, -0.25) is 0 Å². The van der Waals surface area contributed by atoms with E-state index in [0.717, 1.165) is 18.5 Å². The number of aryl methyl sites for hydroxylation is 1. The molecule has 0 aromatic heterocycles. The topological polar surface area (TPSA) is 12.0 Å². The minimum atomic E-state index is -4.05. The Morgan fingerprint density at radius 2 is 1.72 bits per heavy atom. The fourth-order valence-electron chi connectivity index (χ4n) is 1.69. The molecule has 1 aromatic carbocycles. The molecule has 0 atom stereocenters. The third kappa shape index (κ3) is 6.52. The van der Waals surface area contributed by atoms with Crippen molar-refractivity contribution in [2.24, 2.45) is 0 Å². The van der Waals surface area contributed by atoms with Crippen molar-refractivity contribution in [2.75, 3.05) is 11.9 Å². The summed E-state index contributed by atoms with van der Waals surface area (Å²) in [5.41, 5.74) is 2.16. The van der Waals surface area contributed by atoms with Crippen LogP contribution in [0.5, 0.6) is 0 Å². The lowest BCUT2D eigenvalue weighted by Crippen LogP contribution is -2.10. The second-order valence-corrected chi connectivity index (χ2v) is 4.45. The highest BCUT2D eigenvalue weighted by Gasteiger charge is 2.25. The Kier molecular flexibility index (Phi) is 6.02. The molecule has 1 nitrogen and oxygen atoms in total. The van der Waals surface area contributed by atoms with Crippen LogP contribution in [0, 0.1) is 0 Å². The average Bonchev–Trinajstić information content (AvgIpc) is 2.32. The van der Waals surface area contributed by atoms with Crippen LogP contribution in [0.1, 0.15) is 38.2 Å². The molecule has 0 bridgehead atoms.